The number of aromatic hydroxyl groups is 3. The first-order valence-corrected chi connectivity index (χ1v) is 3.97. The lowest BCUT2D eigenvalue weighted by Gasteiger charge is -2.09. The van der Waals surface area contributed by atoms with Gasteiger partial charge in [-0.2, -0.15) is 0 Å². The van der Waals surface area contributed by atoms with Crippen LogP contribution in [-0.4, -0.2) is 21.2 Å². The molecule has 0 spiro atoms. The van der Waals surface area contributed by atoms with E-state index < -0.39 is 29.1 Å². The molecule has 1 rings (SSSR count). The Morgan fingerprint density at radius 1 is 1.29 bits per heavy atom. The fourth-order valence-electron chi connectivity index (χ4n) is 1.04. The van der Waals surface area contributed by atoms with Gasteiger partial charge in [-0.1, -0.05) is 0 Å². The minimum atomic E-state index is -0.632. The van der Waals surface area contributed by atoms with E-state index in [1.165, 1.54) is 19.1 Å². The summed E-state index contributed by atoms with van der Waals surface area (Å²) in [6.07, 6.45) is 0. The molecule has 1 aromatic rings. The van der Waals surface area contributed by atoms with Crippen LogP contribution in [0.1, 0.15) is 18.4 Å². The number of carbonyl (C=O) groups is 1. The molecule has 0 bridgehead atoms. The molecule has 5 nitrogen and oxygen atoms in total. The van der Waals surface area contributed by atoms with Gasteiger partial charge in [0, 0.05) is 0 Å². The Bertz CT molecular complexity index is 352. The summed E-state index contributed by atoms with van der Waals surface area (Å²) in [6, 6.07) is 2.37. The normalized spacial score (nSPS) is 12.4. The summed E-state index contributed by atoms with van der Waals surface area (Å²) in [6.45, 7) is 1.54. The Hall–Kier alpha value is -1.91. The molecule has 1 aromatic carbocycles. The van der Waals surface area contributed by atoms with Crippen molar-refractivity contribution in [3.05, 3.63) is 17.7 Å². The van der Waals surface area contributed by atoms with Crippen LogP contribution in [0.5, 0.6) is 17.2 Å². The fourth-order valence-corrected chi connectivity index (χ4v) is 1.04. The summed E-state index contributed by atoms with van der Waals surface area (Å²) in [4.78, 5) is 10.8. The monoisotopic (exact) mass is 197 g/mol. The van der Waals surface area contributed by atoms with Crippen molar-refractivity contribution in [2.24, 2.45) is 5.73 Å². The third-order valence-electron chi connectivity index (χ3n) is 2.02. The largest absolute Gasteiger partial charge is 0.504 e. The molecule has 1 atom stereocenters. The number of nitrogens with two attached hydrogens (primary N) is 1. The number of phenols is 3. The zero-order valence-electron chi connectivity index (χ0n) is 7.56. The second-order valence-electron chi connectivity index (χ2n) is 3.03. The van der Waals surface area contributed by atoms with Crippen LogP contribution in [0.4, 0.5) is 0 Å². The molecule has 0 radical (unpaired) electrons. The molecule has 0 saturated heterocycles. The number of benzene rings is 1. The van der Waals surface area contributed by atoms with E-state index in [1.54, 1.807) is 0 Å². The van der Waals surface area contributed by atoms with Crippen LogP contribution in [0.25, 0.3) is 0 Å². The van der Waals surface area contributed by atoms with Gasteiger partial charge in [0.15, 0.2) is 17.2 Å². The van der Waals surface area contributed by atoms with E-state index in [0.29, 0.717) is 5.56 Å². The highest BCUT2D eigenvalue weighted by Gasteiger charge is 2.16. The van der Waals surface area contributed by atoms with Gasteiger partial charge in [0.1, 0.15) is 0 Å². The van der Waals surface area contributed by atoms with E-state index in [2.05, 4.69) is 0 Å². The first kappa shape index (κ1) is 10.2. The Balaban J connectivity index is 3.19. The lowest BCUT2D eigenvalue weighted by Crippen LogP contribution is -2.18. The molecular formula is C9H11NO4. The number of carbonyl (C=O) groups excluding carboxylic acids is 1. The summed E-state index contributed by atoms with van der Waals surface area (Å²) in [5.74, 6) is -2.77. The van der Waals surface area contributed by atoms with E-state index in [-0.39, 0.29) is 0 Å². The van der Waals surface area contributed by atoms with Gasteiger partial charge in [-0.3, -0.25) is 4.79 Å². The molecular weight excluding hydrogens is 186 g/mol. The molecule has 1 amide bonds. The highest BCUT2D eigenvalue weighted by molar-refractivity contribution is 5.82. The maximum Gasteiger partial charge on any atom is 0.224 e. The third-order valence-corrected chi connectivity index (χ3v) is 2.02. The van der Waals surface area contributed by atoms with Gasteiger partial charge in [0.05, 0.1) is 5.92 Å². The van der Waals surface area contributed by atoms with Gasteiger partial charge < -0.3 is 21.1 Å². The third kappa shape index (κ3) is 1.71. The molecule has 5 heteroatoms. The van der Waals surface area contributed by atoms with Gasteiger partial charge in [0.2, 0.25) is 5.91 Å². The number of primary amides is 1. The number of phenolic OH excluding ortho intramolecular Hbond substituents is 3. The summed E-state index contributed by atoms with van der Waals surface area (Å²) in [7, 11) is 0. The van der Waals surface area contributed by atoms with Crippen LogP contribution in [0.15, 0.2) is 12.1 Å². The Kier molecular flexibility index (Phi) is 2.51. The Labute approximate surface area is 80.4 Å². The highest BCUT2D eigenvalue weighted by atomic mass is 16.3. The predicted octanol–water partition coefficient (Wildman–Crippen LogP) is 0.392. The molecule has 1 unspecified atom stereocenters. The van der Waals surface area contributed by atoms with Crippen LogP contribution in [-0.2, 0) is 4.79 Å². The average molecular weight is 197 g/mol. The van der Waals surface area contributed by atoms with Crippen LogP contribution >= 0.6 is 0 Å². The Morgan fingerprint density at radius 2 is 1.71 bits per heavy atom. The van der Waals surface area contributed by atoms with Crippen LogP contribution in [0.2, 0.25) is 0 Å². The molecule has 0 fully saturated rings. The lowest BCUT2D eigenvalue weighted by atomic mass is 10.00. The summed E-state index contributed by atoms with van der Waals surface area (Å²) >= 11 is 0. The predicted molar refractivity (Wildman–Crippen MR) is 49.0 cm³/mol. The second-order valence-corrected chi connectivity index (χ2v) is 3.03. The van der Waals surface area contributed by atoms with Crippen molar-refractivity contribution in [2.45, 2.75) is 12.8 Å². The number of rotatable bonds is 2. The quantitative estimate of drug-likeness (QED) is 0.515. The van der Waals surface area contributed by atoms with Crippen molar-refractivity contribution in [1.29, 1.82) is 0 Å². The van der Waals surface area contributed by atoms with Crippen molar-refractivity contribution in [3.63, 3.8) is 0 Å². The van der Waals surface area contributed by atoms with E-state index in [4.69, 9.17) is 21.1 Å². The van der Waals surface area contributed by atoms with Crippen molar-refractivity contribution in [1.82, 2.24) is 0 Å². The fraction of sp³-hybridized carbons (Fsp3) is 0.222. The molecule has 14 heavy (non-hydrogen) atoms. The Morgan fingerprint density at radius 3 is 2.07 bits per heavy atom. The van der Waals surface area contributed by atoms with Gasteiger partial charge in [-0.15, -0.1) is 0 Å². The number of hydrogen-bond acceptors (Lipinski definition) is 4. The van der Waals surface area contributed by atoms with Crippen LogP contribution in [0, 0.1) is 0 Å². The van der Waals surface area contributed by atoms with Crippen molar-refractivity contribution in [3.8, 4) is 17.2 Å². The molecule has 0 aliphatic carbocycles. The average Bonchev–Trinajstić information content (AvgIpc) is 2.12. The summed E-state index contributed by atoms with van der Waals surface area (Å²) in [5, 5.41) is 27.3. The van der Waals surface area contributed by atoms with Crippen molar-refractivity contribution >= 4 is 5.91 Å². The minimum absolute atomic E-state index is 0.352. The molecule has 5 N–H and O–H groups in total. The van der Waals surface area contributed by atoms with Gasteiger partial charge in [-0.25, -0.2) is 0 Å². The van der Waals surface area contributed by atoms with Gasteiger partial charge in [0.25, 0.3) is 0 Å². The van der Waals surface area contributed by atoms with Gasteiger partial charge in [-0.05, 0) is 24.6 Å². The van der Waals surface area contributed by atoms with Crippen LogP contribution < -0.4 is 5.73 Å². The number of hydrogen-bond donors (Lipinski definition) is 4. The van der Waals surface area contributed by atoms with Gasteiger partial charge >= 0.3 is 0 Å². The SMILES string of the molecule is CC(C(N)=O)c1cc(O)c(O)c(O)c1. The van der Waals surface area contributed by atoms with E-state index in [0.717, 1.165) is 0 Å². The molecule has 0 aromatic heterocycles. The smallest absolute Gasteiger partial charge is 0.224 e. The first-order valence-electron chi connectivity index (χ1n) is 3.97. The molecule has 0 heterocycles. The topological polar surface area (TPSA) is 104 Å². The van der Waals surface area contributed by atoms with Crippen molar-refractivity contribution < 1.29 is 20.1 Å². The van der Waals surface area contributed by atoms with E-state index in [1.807, 2.05) is 0 Å². The standard InChI is InChI=1S/C9H11NO4/c1-4(9(10)14)5-2-6(11)8(13)7(12)3-5/h2-4,11-13H,1H3,(H2,10,14). The van der Waals surface area contributed by atoms with E-state index in [9.17, 15) is 4.79 Å². The zero-order valence-corrected chi connectivity index (χ0v) is 7.56. The highest BCUT2D eigenvalue weighted by Crippen LogP contribution is 2.37. The van der Waals surface area contributed by atoms with E-state index >= 15 is 0 Å². The zero-order chi connectivity index (χ0) is 10.9. The molecule has 0 aliphatic heterocycles. The number of amides is 1. The molecule has 76 valence electrons. The minimum Gasteiger partial charge on any atom is -0.504 e. The lowest BCUT2D eigenvalue weighted by molar-refractivity contribution is -0.119. The van der Waals surface area contributed by atoms with Crippen molar-refractivity contribution in [2.75, 3.05) is 0 Å². The van der Waals surface area contributed by atoms with Crippen LogP contribution in [0.3, 0.4) is 0 Å². The summed E-state index contributed by atoms with van der Waals surface area (Å²) in [5.41, 5.74) is 5.39. The molecule has 0 aliphatic rings. The molecule has 0 saturated carbocycles. The maximum absolute atomic E-state index is 10.8. The summed E-state index contributed by atoms with van der Waals surface area (Å²) < 4.78 is 0. The second kappa shape index (κ2) is 3.45. The first-order chi connectivity index (χ1) is 6.43. The maximum atomic E-state index is 10.8.